The molecule has 1 fully saturated rings. The first kappa shape index (κ1) is 25.1. The molecule has 1 saturated heterocycles. The molecule has 1 N–H and O–H groups in total. The summed E-state index contributed by atoms with van der Waals surface area (Å²) in [5.41, 5.74) is -0.968. The van der Waals surface area contributed by atoms with Crippen molar-refractivity contribution in [2.75, 3.05) is 77.8 Å². The third-order valence-electron chi connectivity index (χ3n) is 4.40. The van der Waals surface area contributed by atoms with Crippen LogP contribution in [0.4, 0.5) is 13.2 Å². The molecule has 13 heteroatoms. The summed E-state index contributed by atoms with van der Waals surface area (Å²) in [5, 5.41) is 10.4. The molecular formula is C17H30F3N5O4S. The Hall–Kier alpha value is -1.12. The van der Waals surface area contributed by atoms with Gasteiger partial charge in [0.05, 0.1) is 46.2 Å². The summed E-state index contributed by atoms with van der Waals surface area (Å²) in [6.45, 7) is 3.91. The Morgan fingerprint density at radius 3 is 2.23 bits per heavy atom. The van der Waals surface area contributed by atoms with E-state index in [4.69, 9.17) is 14.2 Å². The molecule has 2 rings (SSSR count). The van der Waals surface area contributed by atoms with Crippen molar-refractivity contribution in [3.8, 4) is 0 Å². The van der Waals surface area contributed by atoms with Gasteiger partial charge in [-0.1, -0.05) is 5.21 Å². The highest BCUT2D eigenvalue weighted by Crippen LogP contribution is 2.31. The highest BCUT2D eigenvalue weighted by atomic mass is 32.2. The van der Waals surface area contributed by atoms with Crippen LogP contribution in [0.1, 0.15) is 11.4 Å². The summed E-state index contributed by atoms with van der Waals surface area (Å²) in [6.07, 6.45) is -4.56. The minimum Gasteiger partial charge on any atom is -0.378 e. The molecule has 1 aromatic rings. The summed E-state index contributed by atoms with van der Waals surface area (Å²) in [6, 6.07) is 0. The average Bonchev–Trinajstić information content (AvgIpc) is 3.11. The van der Waals surface area contributed by atoms with E-state index in [0.29, 0.717) is 51.0 Å². The molecule has 0 radical (unpaired) electrons. The van der Waals surface area contributed by atoms with Crippen LogP contribution in [0.2, 0.25) is 0 Å². The second-order valence-corrected chi connectivity index (χ2v) is 8.37. The van der Waals surface area contributed by atoms with Gasteiger partial charge in [0.15, 0.2) is 5.69 Å². The van der Waals surface area contributed by atoms with Gasteiger partial charge in [0, 0.05) is 48.5 Å². The van der Waals surface area contributed by atoms with Crippen LogP contribution in [-0.2, 0) is 44.3 Å². The normalized spacial score (nSPS) is 16.4. The number of nitrogens with one attached hydrogen (secondary N) is 1. The fraction of sp³-hybridized carbons (Fsp3) is 0.882. The highest BCUT2D eigenvalue weighted by molar-refractivity contribution is 7.85. The van der Waals surface area contributed by atoms with Crippen LogP contribution in [0, 0.1) is 0 Å². The van der Waals surface area contributed by atoms with Gasteiger partial charge in [0.2, 0.25) is 0 Å². The van der Waals surface area contributed by atoms with Crippen LogP contribution >= 0.6 is 0 Å². The van der Waals surface area contributed by atoms with Gasteiger partial charge in [-0.25, -0.2) is 4.68 Å². The molecule has 0 atom stereocenters. The van der Waals surface area contributed by atoms with Gasteiger partial charge in [-0.05, 0) is 7.05 Å². The standard InChI is InChI=1S/C17H30F3N5O4S/c1-21-2-6-27-8-10-29-11-9-28-7-3-25-16(17(18,19)20)15(22-23-25)14-24-4-12-30(26)13-5-24/h21H,2-14H2,1H3. The first-order valence-corrected chi connectivity index (χ1v) is 11.4. The smallest absolute Gasteiger partial charge is 0.378 e. The molecule has 30 heavy (non-hydrogen) atoms. The van der Waals surface area contributed by atoms with E-state index in [9.17, 15) is 17.4 Å². The Balaban J connectivity index is 1.71. The lowest BCUT2D eigenvalue weighted by Crippen LogP contribution is -2.37. The van der Waals surface area contributed by atoms with Crippen molar-refractivity contribution in [2.24, 2.45) is 0 Å². The van der Waals surface area contributed by atoms with Crippen LogP contribution in [0.5, 0.6) is 0 Å². The maximum atomic E-state index is 13.5. The number of alkyl halides is 3. The number of rotatable bonds is 14. The van der Waals surface area contributed by atoms with Gasteiger partial charge >= 0.3 is 6.18 Å². The molecule has 0 spiro atoms. The van der Waals surface area contributed by atoms with E-state index in [0.717, 1.165) is 11.2 Å². The van der Waals surface area contributed by atoms with Crippen LogP contribution in [-0.4, -0.2) is 102 Å². The van der Waals surface area contributed by atoms with Crippen LogP contribution in [0.15, 0.2) is 0 Å². The third kappa shape index (κ3) is 8.94. The van der Waals surface area contributed by atoms with Crippen LogP contribution in [0.3, 0.4) is 0 Å². The van der Waals surface area contributed by atoms with E-state index >= 15 is 0 Å². The molecule has 174 valence electrons. The van der Waals surface area contributed by atoms with Crippen molar-refractivity contribution < 1.29 is 31.6 Å². The Bertz CT molecular complexity index is 637. The van der Waals surface area contributed by atoms with E-state index in [1.165, 1.54) is 0 Å². The average molecular weight is 458 g/mol. The summed E-state index contributed by atoms with van der Waals surface area (Å²) >= 11 is 0. The Morgan fingerprint density at radius 2 is 1.63 bits per heavy atom. The summed E-state index contributed by atoms with van der Waals surface area (Å²) in [5.74, 6) is 0.931. The number of aromatic nitrogens is 3. The first-order chi connectivity index (χ1) is 14.4. The molecule has 2 heterocycles. The van der Waals surface area contributed by atoms with E-state index in [1.807, 2.05) is 11.9 Å². The molecule has 0 bridgehead atoms. The zero-order chi connectivity index (χ0) is 21.8. The molecule has 0 aliphatic carbocycles. The summed E-state index contributed by atoms with van der Waals surface area (Å²) in [4.78, 5) is 1.82. The van der Waals surface area contributed by atoms with E-state index in [-0.39, 0.29) is 32.0 Å². The van der Waals surface area contributed by atoms with Crippen molar-refractivity contribution in [1.82, 2.24) is 25.2 Å². The van der Waals surface area contributed by atoms with Gasteiger partial charge in [0.1, 0.15) is 5.69 Å². The van der Waals surface area contributed by atoms with Gasteiger partial charge < -0.3 is 19.5 Å². The predicted molar refractivity (Wildman–Crippen MR) is 105 cm³/mol. The zero-order valence-electron chi connectivity index (χ0n) is 17.2. The lowest BCUT2D eigenvalue weighted by Gasteiger charge is -2.25. The summed E-state index contributed by atoms with van der Waals surface area (Å²) < 4.78 is 68.8. The topological polar surface area (TPSA) is 90.7 Å². The monoisotopic (exact) mass is 457 g/mol. The molecule has 1 aromatic heterocycles. The molecule has 1 aliphatic rings. The van der Waals surface area contributed by atoms with Gasteiger partial charge in [-0.2, -0.15) is 13.2 Å². The molecule has 1 aliphatic heterocycles. The number of likely N-dealkylation sites (N-methyl/N-ethyl adjacent to an activating group) is 1. The molecular weight excluding hydrogens is 427 g/mol. The van der Waals surface area contributed by atoms with Gasteiger partial charge in [0.25, 0.3) is 0 Å². The predicted octanol–water partition coefficient (Wildman–Crippen LogP) is 0.130. The minimum absolute atomic E-state index is 0.0388. The Kier molecular flexibility index (Phi) is 11.2. The van der Waals surface area contributed by atoms with Crippen LogP contribution < -0.4 is 5.32 Å². The number of hydrogen-bond acceptors (Lipinski definition) is 8. The van der Waals surface area contributed by atoms with Crippen molar-refractivity contribution in [3.05, 3.63) is 11.4 Å². The number of ether oxygens (including phenoxy) is 3. The lowest BCUT2D eigenvalue weighted by atomic mass is 10.2. The molecule has 0 unspecified atom stereocenters. The van der Waals surface area contributed by atoms with Crippen molar-refractivity contribution in [1.29, 1.82) is 0 Å². The van der Waals surface area contributed by atoms with Crippen LogP contribution in [0.25, 0.3) is 0 Å². The lowest BCUT2D eigenvalue weighted by molar-refractivity contribution is -0.145. The first-order valence-electron chi connectivity index (χ1n) is 9.86. The largest absolute Gasteiger partial charge is 0.434 e. The fourth-order valence-corrected chi connectivity index (χ4v) is 3.96. The molecule has 0 saturated carbocycles. The fourth-order valence-electron chi connectivity index (χ4n) is 2.83. The second-order valence-electron chi connectivity index (χ2n) is 6.67. The van der Waals surface area contributed by atoms with Crippen molar-refractivity contribution in [3.63, 3.8) is 0 Å². The molecule has 0 aromatic carbocycles. The minimum atomic E-state index is -4.56. The maximum absolute atomic E-state index is 13.5. The van der Waals surface area contributed by atoms with E-state index < -0.39 is 22.7 Å². The second kappa shape index (κ2) is 13.3. The van der Waals surface area contributed by atoms with Gasteiger partial charge in [-0.15, -0.1) is 5.10 Å². The quantitative estimate of drug-likeness (QED) is 0.395. The molecule has 9 nitrogen and oxygen atoms in total. The van der Waals surface area contributed by atoms with Gasteiger partial charge in [-0.3, -0.25) is 9.11 Å². The van der Waals surface area contributed by atoms with E-state index in [2.05, 4.69) is 15.6 Å². The third-order valence-corrected chi connectivity index (χ3v) is 5.68. The summed E-state index contributed by atoms with van der Waals surface area (Å²) in [7, 11) is 0.953. The van der Waals surface area contributed by atoms with Crippen molar-refractivity contribution in [2.45, 2.75) is 19.3 Å². The SMILES string of the molecule is CNCCOCCOCCOCCn1nnc(CN2CCS(=O)CC2)c1C(F)(F)F. The maximum Gasteiger partial charge on any atom is 0.434 e. The zero-order valence-corrected chi connectivity index (χ0v) is 18.0. The number of halogens is 3. The molecule has 0 amide bonds. The van der Waals surface area contributed by atoms with E-state index in [1.54, 1.807) is 0 Å². The highest BCUT2D eigenvalue weighted by Gasteiger charge is 2.39. The van der Waals surface area contributed by atoms with Crippen molar-refractivity contribution >= 4 is 10.8 Å². The number of nitrogens with zero attached hydrogens (tertiary/aromatic N) is 4. The number of hydrogen-bond donors (Lipinski definition) is 1. The Morgan fingerprint density at radius 1 is 1.03 bits per heavy atom. The Labute approximate surface area is 176 Å².